The average Bonchev–Trinajstić information content (AvgIpc) is 2.28. The summed E-state index contributed by atoms with van der Waals surface area (Å²) in [5.41, 5.74) is 5.54. The van der Waals surface area contributed by atoms with Crippen molar-refractivity contribution in [1.82, 2.24) is 4.98 Å². The van der Waals surface area contributed by atoms with Crippen molar-refractivity contribution >= 4 is 23.1 Å². The predicted molar refractivity (Wildman–Crippen MR) is 65.7 cm³/mol. The number of pyridine rings is 1. The summed E-state index contributed by atoms with van der Waals surface area (Å²) in [7, 11) is 0. The Bertz CT molecular complexity index is 634. The van der Waals surface area contributed by atoms with Crippen molar-refractivity contribution in [2.75, 3.05) is 5.73 Å². The summed E-state index contributed by atoms with van der Waals surface area (Å²) < 4.78 is 12.9. The third kappa shape index (κ3) is 2.23. The number of hydrogen-bond donors (Lipinski definition) is 1. The number of aromatic nitrogens is 1. The highest BCUT2D eigenvalue weighted by Gasteiger charge is 2.19. The monoisotopic (exact) mass is 267 g/mol. The summed E-state index contributed by atoms with van der Waals surface area (Å²) in [6.07, 6.45) is 0. The van der Waals surface area contributed by atoms with E-state index in [1.54, 1.807) is 0 Å². The van der Waals surface area contributed by atoms with E-state index in [2.05, 4.69) is 4.98 Å². The summed E-state index contributed by atoms with van der Waals surface area (Å²) in [5, 5.41) is 10.9. The molecule has 1 aromatic carbocycles. The molecule has 18 heavy (non-hydrogen) atoms. The van der Waals surface area contributed by atoms with Gasteiger partial charge in [0.2, 0.25) is 0 Å². The van der Waals surface area contributed by atoms with E-state index < -0.39 is 10.7 Å². The summed E-state index contributed by atoms with van der Waals surface area (Å²) >= 11 is 5.85. The molecule has 0 amide bonds. The molecule has 92 valence electrons. The van der Waals surface area contributed by atoms with Crippen LogP contribution in [0.25, 0.3) is 11.3 Å². The van der Waals surface area contributed by atoms with Gasteiger partial charge in [0.15, 0.2) is 5.69 Å². The fraction of sp³-hybridized carbons (Fsp3) is 0. The quantitative estimate of drug-likeness (QED) is 0.670. The number of nitrogen functional groups attached to an aromatic ring is 1. The second-order valence-corrected chi connectivity index (χ2v) is 3.89. The molecule has 0 saturated heterocycles. The normalized spacial score (nSPS) is 10.3. The van der Waals surface area contributed by atoms with Crippen molar-refractivity contribution in [3.63, 3.8) is 0 Å². The van der Waals surface area contributed by atoms with Crippen LogP contribution in [-0.2, 0) is 0 Å². The van der Waals surface area contributed by atoms with Gasteiger partial charge in [-0.15, -0.1) is 0 Å². The van der Waals surface area contributed by atoms with Gasteiger partial charge in [-0.2, -0.15) is 0 Å². The molecule has 2 aromatic rings. The molecule has 2 N–H and O–H groups in total. The zero-order valence-corrected chi connectivity index (χ0v) is 9.69. The summed E-state index contributed by atoms with van der Waals surface area (Å²) in [6.45, 7) is 0. The lowest BCUT2D eigenvalue weighted by Gasteiger charge is -2.05. The molecule has 0 atom stereocenters. The minimum absolute atomic E-state index is 0.0185. The van der Waals surface area contributed by atoms with Crippen LogP contribution in [0.15, 0.2) is 30.3 Å². The van der Waals surface area contributed by atoms with Gasteiger partial charge >= 0.3 is 0 Å². The van der Waals surface area contributed by atoms with Crippen LogP contribution in [0.3, 0.4) is 0 Å². The van der Waals surface area contributed by atoms with Crippen LogP contribution < -0.4 is 5.73 Å². The minimum atomic E-state index is -0.596. The first-order chi connectivity index (χ1) is 8.49. The van der Waals surface area contributed by atoms with Gasteiger partial charge in [0.05, 0.1) is 9.95 Å². The van der Waals surface area contributed by atoms with Crippen molar-refractivity contribution in [1.29, 1.82) is 0 Å². The van der Waals surface area contributed by atoms with Gasteiger partial charge in [0.25, 0.3) is 5.69 Å². The topological polar surface area (TPSA) is 82.0 Å². The smallest absolute Gasteiger partial charge is 0.295 e. The number of nitrogens with two attached hydrogens (primary N) is 1. The van der Waals surface area contributed by atoms with E-state index in [9.17, 15) is 14.5 Å². The Morgan fingerprint density at radius 2 is 2.06 bits per heavy atom. The molecule has 0 radical (unpaired) electrons. The maximum absolute atomic E-state index is 12.9. The Labute approximate surface area is 106 Å². The first-order valence-electron chi connectivity index (χ1n) is 4.85. The maximum Gasteiger partial charge on any atom is 0.295 e. The summed E-state index contributed by atoms with van der Waals surface area (Å²) in [5.74, 6) is -0.411. The molecule has 1 aromatic heterocycles. The minimum Gasteiger partial charge on any atom is -0.384 e. The molecule has 0 spiro atoms. The highest BCUT2D eigenvalue weighted by molar-refractivity contribution is 6.33. The van der Waals surface area contributed by atoms with Crippen molar-refractivity contribution in [2.24, 2.45) is 0 Å². The van der Waals surface area contributed by atoms with Crippen LogP contribution >= 0.6 is 11.6 Å². The predicted octanol–water partition coefficient (Wildman–Crippen LogP) is 3.03. The van der Waals surface area contributed by atoms with Gasteiger partial charge in [-0.1, -0.05) is 11.6 Å². The number of nitrogens with zero attached hydrogens (tertiary/aromatic N) is 2. The largest absolute Gasteiger partial charge is 0.384 e. The number of rotatable bonds is 2. The van der Waals surface area contributed by atoms with E-state index in [1.165, 1.54) is 18.2 Å². The van der Waals surface area contributed by atoms with Crippen LogP contribution in [0.1, 0.15) is 0 Å². The number of hydrogen-bond acceptors (Lipinski definition) is 4. The van der Waals surface area contributed by atoms with Gasteiger partial charge in [-0.3, -0.25) is 10.1 Å². The highest BCUT2D eigenvalue weighted by atomic mass is 35.5. The van der Waals surface area contributed by atoms with E-state index in [-0.39, 0.29) is 27.8 Å². The standard InChI is InChI=1S/C11H7ClFN3O2/c12-8-5-6(13)1-2-7(8)11-9(16(17)18)3-4-10(14)15-11/h1-5H,(H2,14,15). The first-order valence-corrected chi connectivity index (χ1v) is 5.23. The average molecular weight is 268 g/mol. The Balaban J connectivity index is 2.69. The second-order valence-electron chi connectivity index (χ2n) is 3.49. The molecule has 5 nitrogen and oxygen atoms in total. The number of nitro groups is 1. The summed E-state index contributed by atoms with van der Waals surface area (Å²) in [6, 6.07) is 6.09. The molecule has 0 fully saturated rings. The molecule has 0 unspecified atom stereocenters. The van der Waals surface area contributed by atoms with E-state index >= 15 is 0 Å². The molecule has 0 aliphatic carbocycles. The fourth-order valence-corrected chi connectivity index (χ4v) is 1.75. The van der Waals surface area contributed by atoms with Gasteiger partial charge < -0.3 is 5.73 Å². The second kappa shape index (κ2) is 4.58. The molecule has 2 rings (SSSR count). The number of halogens is 2. The molecule has 0 bridgehead atoms. The van der Waals surface area contributed by atoms with Crippen LogP contribution in [-0.4, -0.2) is 9.91 Å². The third-order valence-electron chi connectivity index (χ3n) is 2.28. The van der Waals surface area contributed by atoms with Crippen molar-refractivity contribution < 1.29 is 9.31 Å². The Hall–Kier alpha value is -2.21. The number of anilines is 1. The lowest BCUT2D eigenvalue weighted by atomic mass is 10.1. The molecular weight excluding hydrogens is 261 g/mol. The van der Waals surface area contributed by atoms with E-state index in [1.807, 2.05) is 0 Å². The van der Waals surface area contributed by atoms with Crippen molar-refractivity contribution in [2.45, 2.75) is 0 Å². The lowest BCUT2D eigenvalue weighted by molar-refractivity contribution is -0.384. The summed E-state index contributed by atoms with van der Waals surface area (Å²) in [4.78, 5) is 14.2. The molecule has 1 heterocycles. The Kier molecular flexibility index (Phi) is 3.12. The van der Waals surface area contributed by atoms with E-state index in [4.69, 9.17) is 17.3 Å². The van der Waals surface area contributed by atoms with E-state index in [0.717, 1.165) is 12.1 Å². The molecule has 0 aliphatic heterocycles. The Morgan fingerprint density at radius 1 is 1.33 bits per heavy atom. The highest BCUT2D eigenvalue weighted by Crippen LogP contribution is 2.33. The van der Waals surface area contributed by atoms with Crippen LogP contribution in [0.4, 0.5) is 15.9 Å². The number of benzene rings is 1. The van der Waals surface area contributed by atoms with Gasteiger partial charge in [-0.25, -0.2) is 9.37 Å². The van der Waals surface area contributed by atoms with Gasteiger partial charge in [0, 0.05) is 11.6 Å². The zero-order chi connectivity index (χ0) is 13.3. The van der Waals surface area contributed by atoms with E-state index in [0.29, 0.717) is 0 Å². The van der Waals surface area contributed by atoms with Crippen LogP contribution in [0, 0.1) is 15.9 Å². The van der Waals surface area contributed by atoms with Crippen LogP contribution in [0.5, 0.6) is 0 Å². The SMILES string of the molecule is Nc1ccc([N+](=O)[O-])c(-c2ccc(F)cc2Cl)n1. The zero-order valence-electron chi connectivity index (χ0n) is 8.93. The van der Waals surface area contributed by atoms with Crippen molar-refractivity contribution in [3.8, 4) is 11.3 Å². The molecule has 0 aliphatic rings. The fourth-order valence-electron chi connectivity index (χ4n) is 1.49. The maximum atomic E-state index is 12.9. The van der Waals surface area contributed by atoms with Crippen molar-refractivity contribution in [3.05, 3.63) is 51.3 Å². The van der Waals surface area contributed by atoms with Gasteiger partial charge in [-0.05, 0) is 24.3 Å². The van der Waals surface area contributed by atoms with Crippen LogP contribution in [0.2, 0.25) is 5.02 Å². The molecule has 0 saturated carbocycles. The Morgan fingerprint density at radius 3 is 2.67 bits per heavy atom. The van der Waals surface area contributed by atoms with Gasteiger partial charge in [0.1, 0.15) is 11.6 Å². The lowest BCUT2D eigenvalue weighted by Crippen LogP contribution is -1.98. The molecule has 7 heteroatoms. The first kappa shape index (κ1) is 12.3. The third-order valence-corrected chi connectivity index (χ3v) is 2.59. The molecular formula is C11H7ClFN3O2.